The van der Waals surface area contributed by atoms with Crippen LogP contribution in [0, 0.1) is 12.7 Å². The summed E-state index contributed by atoms with van der Waals surface area (Å²) in [6.45, 7) is 3.44. The normalized spacial score (nSPS) is 14.7. The Morgan fingerprint density at radius 1 is 1.33 bits per heavy atom. The number of hydrogen-bond donors (Lipinski definition) is 1. The fraction of sp³-hybridized carbons (Fsp3) is 0.429. The van der Waals surface area contributed by atoms with Crippen LogP contribution < -0.4 is 5.32 Å². The van der Waals surface area contributed by atoms with Gasteiger partial charge in [-0.1, -0.05) is 0 Å². The SMILES string of the molecule is COC(=O)c1cc(F)c(C)c(NC(=O)N2CCOCC2)c1. The summed E-state index contributed by atoms with van der Waals surface area (Å²) >= 11 is 0. The molecule has 1 heterocycles. The van der Waals surface area contributed by atoms with Crippen molar-refractivity contribution in [2.24, 2.45) is 0 Å². The smallest absolute Gasteiger partial charge is 0.338 e. The molecule has 0 unspecified atom stereocenters. The molecule has 0 aliphatic carbocycles. The van der Waals surface area contributed by atoms with Gasteiger partial charge in [0.25, 0.3) is 0 Å². The Balaban J connectivity index is 2.20. The van der Waals surface area contributed by atoms with Gasteiger partial charge in [-0.2, -0.15) is 0 Å². The molecule has 7 heteroatoms. The van der Waals surface area contributed by atoms with Crippen LogP contribution in [-0.4, -0.2) is 50.3 Å². The van der Waals surface area contributed by atoms with Crippen molar-refractivity contribution in [1.82, 2.24) is 4.90 Å². The summed E-state index contributed by atoms with van der Waals surface area (Å²) in [5.41, 5.74) is 0.578. The number of methoxy groups -OCH3 is 1. The number of anilines is 1. The van der Waals surface area contributed by atoms with Gasteiger partial charge < -0.3 is 19.7 Å². The second kappa shape index (κ2) is 6.53. The fourth-order valence-corrected chi connectivity index (χ4v) is 2.01. The van der Waals surface area contributed by atoms with Crippen molar-refractivity contribution >= 4 is 17.7 Å². The molecule has 1 aliphatic rings. The van der Waals surface area contributed by atoms with Crippen LogP contribution in [-0.2, 0) is 9.47 Å². The van der Waals surface area contributed by atoms with E-state index >= 15 is 0 Å². The highest BCUT2D eigenvalue weighted by Crippen LogP contribution is 2.22. The van der Waals surface area contributed by atoms with Gasteiger partial charge in [-0.25, -0.2) is 14.0 Å². The van der Waals surface area contributed by atoms with Crippen LogP contribution in [0.15, 0.2) is 12.1 Å². The first-order valence-corrected chi connectivity index (χ1v) is 6.55. The molecular formula is C14H17FN2O4. The number of hydrogen-bond acceptors (Lipinski definition) is 4. The maximum atomic E-state index is 13.8. The molecule has 1 aromatic rings. The van der Waals surface area contributed by atoms with Crippen LogP contribution in [0.1, 0.15) is 15.9 Å². The Labute approximate surface area is 121 Å². The molecule has 2 rings (SSSR count). The van der Waals surface area contributed by atoms with E-state index in [2.05, 4.69) is 10.1 Å². The lowest BCUT2D eigenvalue weighted by Crippen LogP contribution is -2.43. The van der Waals surface area contributed by atoms with Crippen molar-refractivity contribution in [3.05, 3.63) is 29.1 Å². The summed E-state index contributed by atoms with van der Waals surface area (Å²) in [7, 11) is 1.21. The molecule has 0 saturated carbocycles. The highest BCUT2D eigenvalue weighted by atomic mass is 19.1. The van der Waals surface area contributed by atoms with Crippen LogP contribution >= 0.6 is 0 Å². The van der Waals surface area contributed by atoms with Crippen molar-refractivity contribution in [2.75, 3.05) is 38.7 Å². The minimum Gasteiger partial charge on any atom is -0.465 e. The first kappa shape index (κ1) is 15.2. The van der Waals surface area contributed by atoms with Crippen LogP contribution in [0.5, 0.6) is 0 Å². The predicted octanol–water partition coefficient (Wildman–Crippen LogP) is 1.78. The van der Waals surface area contributed by atoms with E-state index in [1.54, 1.807) is 4.90 Å². The van der Waals surface area contributed by atoms with E-state index in [4.69, 9.17) is 4.74 Å². The Hall–Kier alpha value is -2.15. The van der Waals surface area contributed by atoms with Gasteiger partial charge in [-0.3, -0.25) is 0 Å². The molecular weight excluding hydrogens is 279 g/mol. The molecule has 0 bridgehead atoms. The second-order valence-electron chi connectivity index (χ2n) is 4.65. The van der Waals surface area contributed by atoms with E-state index in [1.807, 2.05) is 0 Å². The fourth-order valence-electron chi connectivity index (χ4n) is 2.01. The number of morpholine rings is 1. The van der Waals surface area contributed by atoms with E-state index in [9.17, 15) is 14.0 Å². The van der Waals surface area contributed by atoms with E-state index in [1.165, 1.54) is 20.1 Å². The van der Waals surface area contributed by atoms with Gasteiger partial charge in [0.05, 0.1) is 25.9 Å². The summed E-state index contributed by atoms with van der Waals surface area (Å²) in [5, 5.41) is 2.62. The quantitative estimate of drug-likeness (QED) is 0.845. The summed E-state index contributed by atoms with van der Waals surface area (Å²) in [6.07, 6.45) is 0. The molecule has 1 aliphatic heterocycles. The lowest BCUT2D eigenvalue weighted by Gasteiger charge is -2.27. The van der Waals surface area contributed by atoms with Crippen molar-refractivity contribution < 1.29 is 23.5 Å². The Morgan fingerprint density at radius 2 is 2.00 bits per heavy atom. The van der Waals surface area contributed by atoms with E-state index in [-0.39, 0.29) is 22.8 Å². The Kier molecular flexibility index (Phi) is 4.74. The predicted molar refractivity (Wildman–Crippen MR) is 73.9 cm³/mol. The van der Waals surface area contributed by atoms with Gasteiger partial charge >= 0.3 is 12.0 Å². The topological polar surface area (TPSA) is 67.9 Å². The average molecular weight is 296 g/mol. The number of nitrogens with one attached hydrogen (secondary N) is 1. The zero-order valence-electron chi connectivity index (χ0n) is 11.9. The van der Waals surface area contributed by atoms with Crippen LogP contribution in [0.3, 0.4) is 0 Å². The third kappa shape index (κ3) is 3.49. The molecule has 114 valence electrons. The molecule has 0 aromatic heterocycles. The Bertz CT molecular complexity index is 556. The minimum absolute atomic E-state index is 0.0536. The number of amides is 2. The number of urea groups is 1. The third-order valence-corrected chi connectivity index (χ3v) is 3.31. The number of esters is 1. The first-order valence-electron chi connectivity index (χ1n) is 6.55. The van der Waals surface area contributed by atoms with E-state index in [0.717, 1.165) is 6.07 Å². The van der Waals surface area contributed by atoms with Crippen LogP contribution in [0.4, 0.5) is 14.9 Å². The number of nitrogens with zero attached hydrogens (tertiary/aromatic N) is 1. The first-order chi connectivity index (χ1) is 10.0. The zero-order chi connectivity index (χ0) is 15.4. The highest BCUT2D eigenvalue weighted by Gasteiger charge is 2.19. The van der Waals surface area contributed by atoms with Crippen molar-refractivity contribution in [2.45, 2.75) is 6.92 Å². The van der Waals surface area contributed by atoms with E-state index in [0.29, 0.717) is 26.3 Å². The summed E-state index contributed by atoms with van der Waals surface area (Å²) in [4.78, 5) is 25.2. The molecule has 0 spiro atoms. The number of benzene rings is 1. The molecule has 21 heavy (non-hydrogen) atoms. The molecule has 1 N–H and O–H groups in total. The van der Waals surface area contributed by atoms with Gasteiger partial charge in [0.1, 0.15) is 5.82 Å². The minimum atomic E-state index is -0.657. The summed E-state index contributed by atoms with van der Waals surface area (Å²) < 4.78 is 23.6. The molecule has 1 saturated heterocycles. The van der Waals surface area contributed by atoms with Gasteiger partial charge in [-0.05, 0) is 19.1 Å². The molecule has 0 atom stereocenters. The van der Waals surface area contributed by atoms with Gasteiger partial charge in [-0.15, -0.1) is 0 Å². The van der Waals surface area contributed by atoms with Crippen LogP contribution in [0.2, 0.25) is 0 Å². The van der Waals surface area contributed by atoms with Gasteiger partial charge in [0, 0.05) is 24.3 Å². The summed E-state index contributed by atoms with van der Waals surface area (Å²) in [6, 6.07) is 2.15. The highest BCUT2D eigenvalue weighted by molar-refractivity contribution is 5.94. The van der Waals surface area contributed by atoms with Gasteiger partial charge in [0.15, 0.2) is 0 Å². The number of carbonyl (C=O) groups excluding carboxylic acids is 2. The van der Waals surface area contributed by atoms with Crippen LogP contribution in [0.25, 0.3) is 0 Å². The van der Waals surface area contributed by atoms with Crippen molar-refractivity contribution in [3.8, 4) is 0 Å². The molecule has 6 nitrogen and oxygen atoms in total. The van der Waals surface area contributed by atoms with Gasteiger partial charge in [0.2, 0.25) is 0 Å². The summed E-state index contributed by atoms with van der Waals surface area (Å²) in [5.74, 6) is -1.23. The average Bonchev–Trinajstić information content (AvgIpc) is 2.51. The standard InChI is InChI=1S/C14H17FN2O4/c1-9-11(15)7-10(13(18)20-2)8-12(9)16-14(19)17-3-5-21-6-4-17/h7-8H,3-6H2,1-2H3,(H,16,19). The number of carbonyl (C=O) groups is 2. The Morgan fingerprint density at radius 3 is 2.62 bits per heavy atom. The molecule has 1 aromatic carbocycles. The maximum Gasteiger partial charge on any atom is 0.338 e. The number of halogens is 1. The number of rotatable bonds is 2. The van der Waals surface area contributed by atoms with Crippen molar-refractivity contribution in [3.63, 3.8) is 0 Å². The molecule has 0 radical (unpaired) electrons. The molecule has 2 amide bonds. The van der Waals surface area contributed by atoms with Crippen molar-refractivity contribution in [1.29, 1.82) is 0 Å². The lowest BCUT2D eigenvalue weighted by atomic mass is 10.1. The zero-order valence-corrected chi connectivity index (χ0v) is 11.9. The monoisotopic (exact) mass is 296 g/mol. The maximum absolute atomic E-state index is 13.8. The third-order valence-electron chi connectivity index (χ3n) is 3.31. The molecule has 1 fully saturated rings. The number of ether oxygens (including phenoxy) is 2. The lowest BCUT2D eigenvalue weighted by molar-refractivity contribution is 0.0564. The second-order valence-corrected chi connectivity index (χ2v) is 4.65. The van der Waals surface area contributed by atoms with E-state index < -0.39 is 11.8 Å². The largest absolute Gasteiger partial charge is 0.465 e.